The summed E-state index contributed by atoms with van der Waals surface area (Å²) in [4.78, 5) is 13.0. The van der Waals surface area contributed by atoms with Gasteiger partial charge < -0.3 is 9.15 Å². The molecule has 0 aliphatic rings. The Morgan fingerprint density at radius 2 is 1.67 bits per heavy atom. The first-order valence-corrected chi connectivity index (χ1v) is 10.8. The molecule has 7 nitrogen and oxygen atoms in total. The molecule has 0 saturated carbocycles. The van der Waals surface area contributed by atoms with Crippen molar-refractivity contribution < 1.29 is 22.3 Å². The second-order valence-electron chi connectivity index (χ2n) is 7.51. The van der Waals surface area contributed by atoms with E-state index < -0.39 is 11.7 Å². The Labute approximate surface area is 203 Å². The minimum Gasteiger partial charge on any atom is -0.475 e. The smallest absolute Gasteiger partial charge is 0.416 e. The van der Waals surface area contributed by atoms with E-state index in [-0.39, 0.29) is 18.2 Å². The van der Waals surface area contributed by atoms with Gasteiger partial charge in [-0.2, -0.15) is 13.2 Å². The number of hydrogen-bond donors (Lipinski definition) is 0. The molecule has 3 heterocycles. The number of hydrogen-bond acceptors (Lipinski definition) is 7. The van der Waals surface area contributed by atoms with E-state index in [1.165, 1.54) is 12.1 Å². The predicted octanol–water partition coefficient (Wildman–Crippen LogP) is 5.11. The molecule has 0 radical (unpaired) electrons. The Bertz CT molecular complexity index is 1560. The van der Waals surface area contributed by atoms with Gasteiger partial charge in [-0.3, -0.25) is 0 Å². The summed E-state index contributed by atoms with van der Waals surface area (Å²) in [7, 11) is 0. The number of pyridine rings is 1. The summed E-state index contributed by atoms with van der Waals surface area (Å²) in [6.07, 6.45) is -2.52. The van der Waals surface area contributed by atoms with Crippen LogP contribution in [0.25, 0.3) is 22.6 Å². The van der Waals surface area contributed by atoms with Crippen molar-refractivity contribution in [2.24, 2.45) is 0 Å². The van der Waals surface area contributed by atoms with Crippen LogP contribution >= 0.6 is 0 Å². The third-order valence-corrected chi connectivity index (χ3v) is 4.99. The molecule has 5 aromatic rings. The molecule has 0 atom stereocenters. The van der Waals surface area contributed by atoms with Crippen molar-refractivity contribution in [3.63, 3.8) is 0 Å². The lowest BCUT2D eigenvalue weighted by molar-refractivity contribution is -0.137. The first-order valence-electron chi connectivity index (χ1n) is 10.8. The fraction of sp³-hybridized carbons (Fsp3) is 0.115. The summed E-state index contributed by atoms with van der Waals surface area (Å²) in [6.45, 7) is 0.159. The van der Waals surface area contributed by atoms with Crippen molar-refractivity contribution in [3.05, 3.63) is 95.6 Å². The molecule has 10 heteroatoms. The number of rotatable bonds is 5. The van der Waals surface area contributed by atoms with Crippen LogP contribution in [0.2, 0.25) is 0 Å². The maximum Gasteiger partial charge on any atom is 0.416 e. The zero-order valence-corrected chi connectivity index (χ0v) is 18.5. The van der Waals surface area contributed by atoms with Gasteiger partial charge in [0.2, 0.25) is 17.7 Å². The number of fused-ring (bicyclic) bond motifs is 1. The highest BCUT2D eigenvalue weighted by Gasteiger charge is 2.29. The second-order valence-corrected chi connectivity index (χ2v) is 7.51. The number of aromatic nitrogens is 5. The zero-order valence-electron chi connectivity index (χ0n) is 18.5. The van der Waals surface area contributed by atoms with Gasteiger partial charge in [0, 0.05) is 17.3 Å². The summed E-state index contributed by atoms with van der Waals surface area (Å²) in [5.74, 6) is 6.60. The van der Waals surface area contributed by atoms with E-state index in [0.717, 1.165) is 17.7 Å². The highest BCUT2D eigenvalue weighted by atomic mass is 19.4. The molecular weight excluding hydrogens is 471 g/mol. The topological polar surface area (TPSA) is 86.8 Å². The van der Waals surface area contributed by atoms with Crippen molar-refractivity contribution in [3.8, 4) is 29.2 Å². The largest absolute Gasteiger partial charge is 0.475 e. The molecule has 5 rings (SSSR count). The van der Waals surface area contributed by atoms with E-state index in [1.54, 1.807) is 18.3 Å². The lowest BCUT2D eigenvalue weighted by Gasteiger charge is -2.07. The molecule has 0 N–H and O–H groups in total. The van der Waals surface area contributed by atoms with Crippen LogP contribution in [0.3, 0.4) is 0 Å². The summed E-state index contributed by atoms with van der Waals surface area (Å²) in [5.41, 5.74) is 1.53. The summed E-state index contributed by atoms with van der Waals surface area (Å²) in [6, 6.07) is 17.4. The minimum absolute atomic E-state index is 0.159. The van der Waals surface area contributed by atoms with E-state index in [1.807, 2.05) is 30.3 Å². The van der Waals surface area contributed by atoms with Crippen LogP contribution in [-0.2, 0) is 12.6 Å². The van der Waals surface area contributed by atoms with Crippen molar-refractivity contribution in [1.82, 2.24) is 25.1 Å². The van der Waals surface area contributed by atoms with Crippen molar-refractivity contribution >= 4 is 11.2 Å². The average molecular weight is 487 g/mol. The molecular formula is C26H16F3N5O2. The van der Waals surface area contributed by atoms with Gasteiger partial charge in [-0.25, -0.2) is 15.0 Å². The molecule has 178 valence electrons. The molecule has 2 aromatic carbocycles. The van der Waals surface area contributed by atoms with Crippen LogP contribution in [0.5, 0.6) is 5.88 Å². The number of alkyl halides is 3. The first kappa shape index (κ1) is 23.0. The fourth-order valence-electron chi connectivity index (χ4n) is 3.22. The van der Waals surface area contributed by atoms with Crippen LogP contribution in [0, 0.1) is 11.8 Å². The molecule has 0 saturated heterocycles. The summed E-state index contributed by atoms with van der Waals surface area (Å²) < 4.78 is 49.9. The lowest BCUT2D eigenvalue weighted by Crippen LogP contribution is -2.06. The van der Waals surface area contributed by atoms with Crippen molar-refractivity contribution in [2.45, 2.75) is 12.6 Å². The molecule has 36 heavy (non-hydrogen) atoms. The van der Waals surface area contributed by atoms with Gasteiger partial charge in [0.15, 0.2) is 11.3 Å². The predicted molar refractivity (Wildman–Crippen MR) is 124 cm³/mol. The van der Waals surface area contributed by atoms with Gasteiger partial charge in [-0.1, -0.05) is 24.1 Å². The molecule has 3 aromatic heterocycles. The molecule has 0 spiro atoms. The van der Waals surface area contributed by atoms with Crippen LogP contribution < -0.4 is 4.74 Å². The van der Waals surface area contributed by atoms with Gasteiger partial charge in [0.05, 0.1) is 18.6 Å². The molecule has 0 fully saturated rings. The van der Waals surface area contributed by atoms with Gasteiger partial charge in [0.1, 0.15) is 5.52 Å². The standard InChI is InChI=1S/C26H16F3N5O2/c27-26(28,29)19-11-8-17(9-12-19)10-13-21-25(32-20-7-4-15-30-23(20)31-21)35-16-14-22-33-34-24(36-22)18-5-2-1-3-6-18/h1-9,11-12,15H,14,16H2. The van der Waals surface area contributed by atoms with Gasteiger partial charge >= 0.3 is 6.18 Å². The lowest BCUT2D eigenvalue weighted by atomic mass is 10.1. The fourth-order valence-corrected chi connectivity index (χ4v) is 3.22. The van der Waals surface area contributed by atoms with E-state index in [9.17, 15) is 13.2 Å². The number of ether oxygens (including phenoxy) is 1. The number of halogens is 3. The minimum atomic E-state index is -4.41. The Kier molecular flexibility index (Phi) is 6.28. The Balaban J connectivity index is 1.35. The molecule has 0 aliphatic heterocycles. The number of benzene rings is 2. The molecule has 0 bridgehead atoms. The zero-order chi connectivity index (χ0) is 25.0. The van der Waals surface area contributed by atoms with Crippen molar-refractivity contribution in [2.75, 3.05) is 6.61 Å². The van der Waals surface area contributed by atoms with Crippen LogP contribution in [-0.4, -0.2) is 31.8 Å². The highest BCUT2D eigenvalue weighted by Crippen LogP contribution is 2.29. The maximum atomic E-state index is 12.8. The normalized spacial score (nSPS) is 11.2. The Hall–Kier alpha value is -4.78. The Morgan fingerprint density at radius 3 is 2.44 bits per heavy atom. The first-order chi connectivity index (χ1) is 17.5. The van der Waals surface area contributed by atoms with Gasteiger partial charge in [0.25, 0.3) is 0 Å². The number of nitrogens with zero attached hydrogens (tertiary/aromatic N) is 5. The molecule has 0 amide bonds. The van der Waals surface area contributed by atoms with Crippen LogP contribution in [0.4, 0.5) is 13.2 Å². The third kappa shape index (κ3) is 5.31. The van der Waals surface area contributed by atoms with Gasteiger partial charge in [-0.05, 0) is 54.5 Å². The van der Waals surface area contributed by atoms with E-state index in [4.69, 9.17) is 9.15 Å². The van der Waals surface area contributed by atoms with Gasteiger partial charge in [-0.15, -0.1) is 10.2 Å². The molecule has 0 unspecified atom stereocenters. The van der Waals surface area contributed by atoms with E-state index in [2.05, 4.69) is 37.0 Å². The Morgan fingerprint density at radius 1 is 0.861 bits per heavy atom. The average Bonchev–Trinajstić information content (AvgIpc) is 3.36. The van der Waals surface area contributed by atoms with Crippen molar-refractivity contribution in [1.29, 1.82) is 0 Å². The van der Waals surface area contributed by atoms with E-state index >= 15 is 0 Å². The highest BCUT2D eigenvalue weighted by molar-refractivity contribution is 5.71. The van der Waals surface area contributed by atoms with Crippen LogP contribution in [0.1, 0.15) is 22.7 Å². The summed E-state index contributed by atoms with van der Waals surface area (Å²) >= 11 is 0. The van der Waals surface area contributed by atoms with Crippen LogP contribution in [0.15, 0.2) is 77.3 Å². The maximum absolute atomic E-state index is 12.8. The molecule has 0 aliphatic carbocycles. The quantitative estimate of drug-likeness (QED) is 0.318. The SMILES string of the molecule is FC(F)(F)c1ccc(C#Cc2nc3ncccc3nc2OCCc2nnc(-c3ccccc3)o2)cc1. The third-order valence-electron chi connectivity index (χ3n) is 4.99. The summed E-state index contributed by atoms with van der Waals surface area (Å²) in [5, 5.41) is 8.10. The monoisotopic (exact) mass is 487 g/mol. The second kappa shape index (κ2) is 9.84. The van der Waals surface area contributed by atoms with E-state index in [0.29, 0.717) is 34.9 Å².